The zero-order chi connectivity index (χ0) is 23.0. The van der Waals surface area contributed by atoms with Gasteiger partial charge in [-0.2, -0.15) is 0 Å². The Morgan fingerprint density at radius 3 is 2.69 bits per heavy atom. The molecule has 2 heterocycles. The highest BCUT2D eigenvalue weighted by Crippen LogP contribution is 2.44. The Morgan fingerprint density at radius 2 is 1.97 bits per heavy atom. The summed E-state index contributed by atoms with van der Waals surface area (Å²) in [6.07, 6.45) is 4.24. The maximum absolute atomic E-state index is 12.6. The van der Waals surface area contributed by atoms with Crippen LogP contribution in [0.3, 0.4) is 0 Å². The summed E-state index contributed by atoms with van der Waals surface area (Å²) in [5.41, 5.74) is 7.22. The number of hydrogen-bond acceptors (Lipinski definition) is 4. The van der Waals surface area contributed by atoms with Gasteiger partial charge >= 0.3 is 0 Å². The second-order valence-corrected chi connectivity index (χ2v) is 10.7. The molecular weight excluding hydrogens is 414 g/mol. The minimum atomic E-state index is -0.0860. The van der Waals surface area contributed by atoms with Gasteiger partial charge in [0.2, 0.25) is 0 Å². The summed E-state index contributed by atoms with van der Waals surface area (Å²) < 4.78 is 0. The number of nitrogens with one attached hydrogen (secondary N) is 1. The Balaban J connectivity index is 1.60. The third-order valence-corrected chi connectivity index (χ3v) is 7.44. The molecule has 0 spiro atoms. The van der Waals surface area contributed by atoms with Crippen LogP contribution in [0.5, 0.6) is 0 Å². The highest BCUT2D eigenvalue weighted by molar-refractivity contribution is 8.18. The van der Waals surface area contributed by atoms with Gasteiger partial charge in [-0.25, -0.2) is 4.99 Å². The fourth-order valence-corrected chi connectivity index (χ4v) is 5.63. The number of aliphatic imine (C=N–C) groups is 1. The molecular formula is C27H33N3OS. The van der Waals surface area contributed by atoms with Crippen molar-refractivity contribution in [1.29, 1.82) is 0 Å². The molecule has 1 saturated heterocycles. The molecule has 0 saturated carbocycles. The number of benzene rings is 2. The smallest absolute Gasteiger partial charge is 0.264 e. The van der Waals surface area contributed by atoms with E-state index in [1.165, 1.54) is 34.1 Å². The molecule has 0 bridgehead atoms. The molecule has 1 fully saturated rings. The minimum Gasteiger partial charge on any atom is -0.366 e. The van der Waals surface area contributed by atoms with E-state index in [1.807, 2.05) is 18.2 Å². The minimum absolute atomic E-state index is 0.0860. The molecule has 0 radical (unpaired) electrons. The van der Waals surface area contributed by atoms with Crippen molar-refractivity contribution in [2.45, 2.75) is 65.8 Å². The molecule has 4 nitrogen and oxygen atoms in total. The van der Waals surface area contributed by atoms with Crippen molar-refractivity contribution in [2.24, 2.45) is 4.99 Å². The maximum Gasteiger partial charge on any atom is 0.264 e. The van der Waals surface area contributed by atoms with Crippen LogP contribution in [-0.2, 0) is 4.79 Å². The molecule has 4 rings (SSSR count). The number of amidine groups is 1. The van der Waals surface area contributed by atoms with Crippen molar-refractivity contribution in [3.05, 3.63) is 63.6 Å². The largest absolute Gasteiger partial charge is 0.366 e. The third-order valence-electron chi connectivity index (χ3n) is 6.53. The predicted molar refractivity (Wildman–Crippen MR) is 138 cm³/mol. The Morgan fingerprint density at radius 1 is 1.19 bits per heavy atom. The molecule has 32 heavy (non-hydrogen) atoms. The van der Waals surface area contributed by atoms with Crippen LogP contribution < -0.4 is 10.2 Å². The fourth-order valence-electron chi connectivity index (χ4n) is 4.79. The highest BCUT2D eigenvalue weighted by Gasteiger charge is 2.35. The van der Waals surface area contributed by atoms with E-state index in [2.05, 4.69) is 81.0 Å². The van der Waals surface area contributed by atoms with Crippen molar-refractivity contribution >= 4 is 40.3 Å². The predicted octanol–water partition coefficient (Wildman–Crippen LogP) is 6.70. The molecule has 0 aromatic heterocycles. The van der Waals surface area contributed by atoms with Crippen LogP contribution in [0, 0.1) is 13.8 Å². The van der Waals surface area contributed by atoms with Gasteiger partial charge in [-0.1, -0.05) is 26.0 Å². The summed E-state index contributed by atoms with van der Waals surface area (Å²) in [5, 5.41) is 3.54. The highest BCUT2D eigenvalue weighted by atomic mass is 32.2. The first-order valence-electron chi connectivity index (χ1n) is 11.5. The van der Waals surface area contributed by atoms with Crippen molar-refractivity contribution in [3.63, 3.8) is 0 Å². The van der Waals surface area contributed by atoms with Gasteiger partial charge in [-0.3, -0.25) is 4.79 Å². The van der Waals surface area contributed by atoms with Gasteiger partial charge in [-0.15, -0.1) is 0 Å². The van der Waals surface area contributed by atoms with Crippen LogP contribution in [0.1, 0.15) is 68.7 Å². The molecule has 2 aromatic carbocycles. The van der Waals surface area contributed by atoms with Crippen LogP contribution in [0.25, 0.3) is 6.08 Å². The number of aryl methyl sites for hydroxylation is 2. The van der Waals surface area contributed by atoms with Gasteiger partial charge in [0.05, 0.1) is 10.6 Å². The number of anilines is 1. The van der Waals surface area contributed by atoms with E-state index >= 15 is 0 Å². The number of carbonyl (C=O) groups is 1. The van der Waals surface area contributed by atoms with Gasteiger partial charge in [0.15, 0.2) is 5.17 Å². The molecule has 5 heteroatoms. The van der Waals surface area contributed by atoms with E-state index in [4.69, 9.17) is 0 Å². The molecule has 0 aliphatic carbocycles. The second kappa shape index (κ2) is 8.78. The van der Waals surface area contributed by atoms with E-state index in [9.17, 15) is 4.79 Å². The third kappa shape index (κ3) is 4.49. The number of hydrogen-bond donors (Lipinski definition) is 1. The summed E-state index contributed by atoms with van der Waals surface area (Å²) in [5.74, 6) is 0.399. The first kappa shape index (κ1) is 22.7. The fraction of sp³-hybridized carbons (Fsp3) is 0.407. The topological polar surface area (TPSA) is 44.7 Å². The molecule has 2 aromatic rings. The lowest BCUT2D eigenvalue weighted by atomic mass is 9.79. The SMILES string of the molecule is CCCN1c2ccc(/C=C3/SC(=Nc4ccc(C)c(C)c4)NC3=O)cc2C(C)CC1(C)C. The van der Waals surface area contributed by atoms with Crippen LogP contribution in [0.4, 0.5) is 11.4 Å². The lowest BCUT2D eigenvalue weighted by molar-refractivity contribution is -0.115. The van der Waals surface area contributed by atoms with Crippen molar-refractivity contribution in [2.75, 3.05) is 11.4 Å². The van der Waals surface area contributed by atoms with Crippen molar-refractivity contribution < 1.29 is 4.79 Å². The van der Waals surface area contributed by atoms with Gasteiger partial charge in [-0.05, 0) is 111 Å². The van der Waals surface area contributed by atoms with E-state index in [1.54, 1.807) is 0 Å². The molecule has 1 unspecified atom stereocenters. The Kier molecular flexibility index (Phi) is 6.22. The monoisotopic (exact) mass is 447 g/mol. The van der Waals surface area contributed by atoms with E-state index in [0.717, 1.165) is 30.6 Å². The second-order valence-electron chi connectivity index (χ2n) is 9.64. The number of amides is 1. The first-order valence-corrected chi connectivity index (χ1v) is 12.3. The lowest BCUT2D eigenvalue weighted by Gasteiger charge is -2.47. The van der Waals surface area contributed by atoms with Gasteiger partial charge < -0.3 is 10.2 Å². The molecule has 1 N–H and O–H groups in total. The number of fused-ring (bicyclic) bond motifs is 1. The maximum atomic E-state index is 12.6. The van der Waals surface area contributed by atoms with Gasteiger partial charge in [0, 0.05) is 17.8 Å². The van der Waals surface area contributed by atoms with Gasteiger partial charge in [0.25, 0.3) is 5.91 Å². The number of rotatable bonds is 4. The molecule has 1 amide bonds. The zero-order valence-electron chi connectivity index (χ0n) is 20.0. The average Bonchev–Trinajstić information content (AvgIpc) is 3.06. The molecule has 168 valence electrons. The van der Waals surface area contributed by atoms with E-state index < -0.39 is 0 Å². The zero-order valence-corrected chi connectivity index (χ0v) is 20.8. The normalized spacial score (nSPS) is 22.4. The first-order chi connectivity index (χ1) is 15.2. The lowest BCUT2D eigenvalue weighted by Crippen LogP contribution is -2.48. The number of thioether (sulfide) groups is 1. The van der Waals surface area contributed by atoms with Crippen LogP contribution in [0.2, 0.25) is 0 Å². The summed E-state index contributed by atoms with van der Waals surface area (Å²) >= 11 is 1.41. The Hall–Kier alpha value is -2.53. The Bertz CT molecular complexity index is 1120. The van der Waals surface area contributed by atoms with Crippen molar-refractivity contribution in [1.82, 2.24) is 5.32 Å². The molecule has 1 atom stereocenters. The van der Waals surface area contributed by atoms with Gasteiger partial charge in [0.1, 0.15) is 0 Å². The van der Waals surface area contributed by atoms with Crippen molar-refractivity contribution in [3.8, 4) is 0 Å². The van der Waals surface area contributed by atoms with Crippen LogP contribution >= 0.6 is 11.8 Å². The quantitative estimate of drug-likeness (QED) is 0.531. The Labute approximate surface area is 196 Å². The number of nitrogens with zero attached hydrogens (tertiary/aromatic N) is 2. The van der Waals surface area contributed by atoms with E-state index in [0.29, 0.717) is 16.0 Å². The van der Waals surface area contributed by atoms with Crippen LogP contribution in [0.15, 0.2) is 46.3 Å². The van der Waals surface area contributed by atoms with E-state index in [-0.39, 0.29) is 11.4 Å². The average molecular weight is 448 g/mol. The number of carbonyl (C=O) groups excluding carboxylic acids is 1. The van der Waals surface area contributed by atoms with Crippen LogP contribution in [-0.4, -0.2) is 23.2 Å². The summed E-state index contributed by atoms with van der Waals surface area (Å²) in [7, 11) is 0. The summed E-state index contributed by atoms with van der Waals surface area (Å²) in [4.78, 5) is 20.4. The summed E-state index contributed by atoms with van der Waals surface area (Å²) in [6.45, 7) is 14.4. The standard InChI is InChI=1S/C27H33N3OS/c1-7-12-30-23-11-9-20(14-22(23)19(4)16-27(30,5)6)15-24-25(31)29-26(32-24)28-21-10-8-17(2)18(3)13-21/h8-11,13-15,19H,7,12,16H2,1-6H3,(H,28,29,31)/b24-15+. The molecule has 2 aliphatic heterocycles. The molecule has 2 aliphatic rings. The summed E-state index contributed by atoms with van der Waals surface area (Å²) in [6, 6.07) is 12.7.